The zero-order valence-electron chi connectivity index (χ0n) is 14.7. The molecule has 0 N–H and O–H groups in total. The van der Waals surface area contributed by atoms with E-state index in [-0.39, 0.29) is 0 Å². The van der Waals surface area contributed by atoms with Crippen LogP contribution >= 0.6 is 0 Å². The molecule has 0 radical (unpaired) electrons. The van der Waals surface area contributed by atoms with Gasteiger partial charge in [0.05, 0.1) is 18.9 Å². The molecule has 0 saturated carbocycles. The number of rotatable bonds is 1. The van der Waals surface area contributed by atoms with Crippen molar-refractivity contribution in [2.75, 3.05) is 16.7 Å². The number of benzene rings is 1. The standard InChI is InChI=1S/C18H25BN3/c1-12-8-9-16-18(15(12)4)22(19(5)21(16)7)17-10-13(2)14(3)11-20(17)6/h8-11H,1-7H3/q+1. The lowest BCUT2D eigenvalue weighted by molar-refractivity contribution is -0.658. The molecule has 0 fully saturated rings. The smallest absolute Gasteiger partial charge is 0.374 e. The van der Waals surface area contributed by atoms with E-state index in [1.54, 1.807) is 0 Å². The lowest BCUT2D eigenvalue weighted by Crippen LogP contribution is -2.47. The van der Waals surface area contributed by atoms with Crippen LogP contribution in [-0.4, -0.2) is 14.0 Å². The molecule has 4 heteroatoms. The average Bonchev–Trinajstić information content (AvgIpc) is 2.72. The third-order valence-electron chi connectivity index (χ3n) is 5.20. The highest BCUT2D eigenvalue weighted by atomic mass is 15.3. The zero-order valence-corrected chi connectivity index (χ0v) is 14.7. The first-order chi connectivity index (χ1) is 10.3. The zero-order chi connectivity index (χ0) is 16.2. The molecule has 0 saturated heterocycles. The number of fused-ring (bicyclic) bond motifs is 1. The predicted octanol–water partition coefficient (Wildman–Crippen LogP) is 3.45. The van der Waals surface area contributed by atoms with Gasteiger partial charge in [-0.05, 0) is 69.9 Å². The molecule has 0 amide bonds. The molecular formula is C18H25BN3+. The molecule has 3 rings (SSSR count). The van der Waals surface area contributed by atoms with E-state index in [9.17, 15) is 0 Å². The SMILES string of the molecule is CB1N(C)c2ccc(C)c(C)c2N1c1cc(C)c(C)c[n+]1C. The Bertz CT molecular complexity index is 754. The highest BCUT2D eigenvalue weighted by Gasteiger charge is 2.45. The summed E-state index contributed by atoms with van der Waals surface area (Å²) in [5.41, 5.74) is 8.03. The van der Waals surface area contributed by atoms with E-state index in [2.05, 4.69) is 87.2 Å². The van der Waals surface area contributed by atoms with Gasteiger partial charge in [-0.1, -0.05) is 6.07 Å². The highest BCUT2D eigenvalue weighted by molar-refractivity contribution is 6.70. The van der Waals surface area contributed by atoms with Gasteiger partial charge in [0.2, 0.25) is 0 Å². The lowest BCUT2D eigenvalue weighted by atomic mass is 9.77. The Hall–Kier alpha value is -1.97. The summed E-state index contributed by atoms with van der Waals surface area (Å²) in [7, 11) is 4.32. The van der Waals surface area contributed by atoms with Crippen LogP contribution in [0.15, 0.2) is 24.4 Å². The highest BCUT2D eigenvalue weighted by Crippen LogP contribution is 2.44. The second kappa shape index (κ2) is 5.04. The van der Waals surface area contributed by atoms with Gasteiger partial charge >= 0.3 is 6.98 Å². The second-order valence-corrected chi connectivity index (χ2v) is 6.60. The van der Waals surface area contributed by atoms with Crippen molar-refractivity contribution in [1.29, 1.82) is 0 Å². The Kier molecular flexibility index (Phi) is 3.43. The van der Waals surface area contributed by atoms with Crippen molar-refractivity contribution in [3.8, 4) is 0 Å². The van der Waals surface area contributed by atoms with E-state index in [0.29, 0.717) is 6.98 Å². The van der Waals surface area contributed by atoms with Crippen molar-refractivity contribution in [3.05, 3.63) is 46.6 Å². The Morgan fingerprint density at radius 2 is 1.68 bits per heavy atom. The van der Waals surface area contributed by atoms with Gasteiger partial charge in [0.1, 0.15) is 5.69 Å². The van der Waals surface area contributed by atoms with Crippen LogP contribution in [0.25, 0.3) is 0 Å². The number of aryl methyl sites for hydroxylation is 4. The lowest BCUT2D eigenvalue weighted by Gasteiger charge is -2.20. The quantitative estimate of drug-likeness (QED) is 0.589. The first-order valence-corrected chi connectivity index (χ1v) is 7.92. The van der Waals surface area contributed by atoms with Crippen molar-refractivity contribution < 1.29 is 4.57 Å². The maximum Gasteiger partial charge on any atom is 0.498 e. The number of pyridine rings is 1. The number of anilines is 3. The number of hydrogen-bond acceptors (Lipinski definition) is 2. The van der Waals surface area contributed by atoms with E-state index < -0.39 is 0 Å². The normalized spacial score (nSPS) is 13.9. The maximum absolute atomic E-state index is 2.46. The molecule has 3 nitrogen and oxygen atoms in total. The average molecular weight is 294 g/mol. The van der Waals surface area contributed by atoms with Crippen molar-refractivity contribution in [1.82, 2.24) is 0 Å². The number of nitrogens with zero attached hydrogens (tertiary/aromatic N) is 3. The van der Waals surface area contributed by atoms with Crippen LogP contribution in [0.1, 0.15) is 22.3 Å². The topological polar surface area (TPSA) is 10.4 Å². The summed E-state index contributed by atoms with van der Waals surface area (Å²) in [6.45, 7) is 11.4. The molecule has 0 bridgehead atoms. The predicted molar refractivity (Wildman–Crippen MR) is 95.2 cm³/mol. The molecule has 114 valence electrons. The summed E-state index contributed by atoms with van der Waals surface area (Å²) in [5, 5.41) is 0. The Labute approximate surface area is 134 Å². The van der Waals surface area contributed by atoms with Crippen molar-refractivity contribution in [3.63, 3.8) is 0 Å². The number of aromatic nitrogens is 1. The van der Waals surface area contributed by atoms with Gasteiger partial charge in [-0.15, -0.1) is 0 Å². The molecule has 2 heterocycles. The molecule has 1 aromatic carbocycles. The van der Waals surface area contributed by atoms with Crippen LogP contribution in [0.5, 0.6) is 0 Å². The van der Waals surface area contributed by atoms with Gasteiger partial charge in [0.25, 0.3) is 5.82 Å². The summed E-state index contributed by atoms with van der Waals surface area (Å²) in [6.07, 6.45) is 2.22. The van der Waals surface area contributed by atoms with Crippen LogP contribution in [-0.2, 0) is 7.05 Å². The van der Waals surface area contributed by atoms with Crippen LogP contribution in [0.2, 0.25) is 6.82 Å². The molecule has 1 aliphatic rings. The van der Waals surface area contributed by atoms with Crippen LogP contribution < -0.4 is 14.2 Å². The van der Waals surface area contributed by atoms with Crippen LogP contribution in [0.4, 0.5) is 17.2 Å². The van der Waals surface area contributed by atoms with E-state index in [1.165, 1.54) is 39.4 Å². The van der Waals surface area contributed by atoms with E-state index in [1.807, 2.05) is 0 Å². The summed E-state index contributed by atoms with van der Waals surface area (Å²) in [5.74, 6) is 1.25. The van der Waals surface area contributed by atoms with Crippen LogP contribution in [0.3, 0.4) is 0 Å². The molecule has 2 aromatic rings. The molecule has 1 aromatic heterocycles. The minimum absolute atomic E-state index is 0.309. The molecule has 0 unspecified atom stereocenters. The fourth-order valence-corrected chi connectivity index (χ4v) is 3.35. The van der Waals surface area contributed by atoms with Gasteiger partial charge in [0, 0.05) is 6.07 Å². The van der Waals surface area contributed by atoms with Crippen molar-refractivity contribution in [2.24, 2.45) is 7.05 Å². The molecule has 0 atom stereocenters. The van der Waals surface area contributed by atoms with E-state index >= 15 is 0 Å². The Morgan fingerprint density at radius 1 is 1.00 bits per heavy atom. The van der Waals surface area contributed by atoms with E-state index in [0.717, 1.165) is 0 Å². The second-order valence-electron chi connectivity index (χ2n) is 6.60. The van der Waals surface area contributed by atoms with Crippen LogP contribution in [0, 0.1) is 27.7 Å². The third-order valence-corrected chi connectivity index (χ3v) is 5.20. The van der Waals surface area contributed by atoms with Crippen molar-refractivity contribution >= 4 is 24.2 Å². The molecule has 1 aliphatic heterocycles. The summed E-state index contributed by atoms with van der Waals surface area (Å²) in [6, 6.07) is 6.77. The first kappa shape index (κ1) is 15.0. The monoisotopic (exact) mass is 294 g/mol. The van der Waals surface area contributed by atoms with Gasteiger partial charge in [-0.3, -0.25) is 4.81 Å². The minimum atomic E-state index is 0.309. The van der Waals surface area contributed by atoms with E-state index in [4.69, 9.17) is 0 Å². The van der Waals surface area contributed by atoms with Crippen molar-refractivity contribution in [2.45, 2.75) is 34.5 Å². The minimum Gasteiger partial charge on any atom is -0.374 e. The Balaban J connectivity index is 2.26. The first-order valence-electron chi connectivity index (χ1n) is 7.92. The summed E-state index contributed by atoms with van der Waals surface area (Å²) >= 11 is 0. The fraction of sp³-hybridized carbons (Fsp3) is 0.389. The summed E-state index contributed by atoms with van der Waals surface area (Å²) in [4.78, 5) is 4.82. The molecular weight excluding hydrogens is 269 g/mol. The van der Waals surface area contributed by atoms with Gasteiger partial charge < -0.3 is 4.81 Å². The summed E-state index contributed by atoms with van der Waals surface area (Å²) < 4.78 is 2.24. The third kappa shape index (κ3) is 2.01. The van der Waals surface area contributed by atoms with Gasteiger partial charge in [-0.2, -0.15) is 0 Å². The largest absolute Gasteiger partial charge is 0.498 e. The number of hydrogen-bond donors (Lipinski definition) is 0. The van der Waals surface area contributed by atoms with Gasteiger partial charge in [0.15, 0.2) is 0 Å². The molecule has 0 aliphatic carbocycles. The Morgan fingerprint density at radius 3 is 2.36 bits per heavy atom. The molecule has 22 heavy (non-hydrogen) atoms. The van der Waals surface area contributed by atoms with Gasteiger partial charge in [-0.25, -0.2) is 4.57 Å². The fourth-order valence-electron chi connectivity index (χ4n) is 3.35. The molecule has 0 spiro atoms. The maximum atomic E-state index is 2.46.